The summed E-state index contributed by atoms with van der Waals surface area (Å²) in [5.74, 6) is 0.631. The van der Waals surface area contributed by atoms with Gasteiger partial charge in [-0.05, 0) is 88.5 Å². The number of phenolic OH excluding ortho intramolecular Hbond substituents is 2. The highest BCUT2D eigenvalue weighted by molar-refractivity contribution is 7.25. The van der Waals surface area contributed by atoms with Crippen LogP contribution in [0, 0.1) is 0 Å². The second-order valence-corrected chi connectivity index (χ2v) is 12.1. The minimum Gasteiger partial charge on any atom is -0.508 e. The van der Waals surface area contributed by atoms with Gasteiger partial charge in [0, 0.05) is 36.3 Å². The lowest BCUT2D eigenvalue weighted by atomic mass is 9.86. The molecule has 174 valence electrons. The highest BCUT2D eigenvalue weighted by Crippen LogP contribution is 2.45. The molecule has 0 saturated heterocycles. The lowest BCUT2D eigenvalue weighted by molar-refractivity contribution is 0.476. The molecular weight excluding hydrogens is 462 g/mol. The van der Waals surface area contributed by atoms with Crippen LogP contribution in [0.2, 0.25) is 0 Å². The number of rotatable bonds is 0. The molecule has 0 saturated carbocycles. The lowest BCUT2D eigenvalue weighted by Gasteiger charge is -2.19. The number of phenols is 2. The Morgan fingerprint density at radius 3 is 2.22 bits per heavy atom. The van der Waals surface area contributed by atoms with Crippen molar-refractivity contribution in [2.75, 3.05) is 0 Å². The van der Waals surface area contributed by atoms with Gasteiger partial charge in [0.15, 0.2) is 0 Å². The molecule has 0 spiro atoms. The number of hydrogen-bond donors (Lipinski definition) is 2. The Hall–Kier alpha value is -4.02. The molecule has 3 aromatic heterocycles. The van der Waals surface area contributed by atoms with Crippen LogP contribution in [0.15, 0.2) is 72.8 Å². The van der Waals surface area contributed by atoms with E-state index >= 15 is 0 Å². The topological polar surface area (TPSA) is 44.9 Å². The van der Waals surface area contributed by atoms with E-state index in [2.05, 4.69) is 73.7 Å². The van der Waals surface area contributed by atoms with E-state index in [1.165, 1.54) is 37.2 Å². The third-order valence-corrected chi connectivity index (χ3v) is 8.93. The summed E-state index contributed by atoms with van der Waals surface area (Å²) in [4.78, 5) is 0. The van der Waals surface area contributed by atoms with Crippen molar-refractivity contribution < 1.29 is 10.2 Å². The molecule has 3 nitrogen and oxygen atoms in total. The van der Waals surface area contributed by atoms with Crippen LogP contribution < -0.4 is 0 Å². The first-order valence-corrected chi connectivity index (χ1v) is 13.0. The Balaban J connectivity index is 1.53. The first-order valence-electron chi connectivity index (χ1n) is 12.2. The predicted octanol–water partition coefficient (Wildman–Crippen LogP) is 9.07. The number of nitrogens with zero attached hydrogens (tertiary/aromatic N) is 1. The molecule has 0 fully saturated rings. The maximum Gasteiger partial charge on any atom is 0.125 e. The second-order valence-electron chi connectivity index (χ2n) is 11.0. The fourth-order valence-electron chi connectivity index (χ4n) is 6.01. The maximum absolute atomic E-state index is 11.0. The smallest absolute Gasteiger partial charge is 0.125 e. The lowest BCUT2D eigenvalue weighted by Crippen LogP contribution is -2.10. The predicted molar refractivity (Wildman–Crippen MR) is 154 cm³/mol. The Labute approximate surface area is 210 Å². The van der Waals surface area contributed by atoms with Gasteiger partial charge in [-0.3, -0.25) is 0 Å². The SMILES string of the molecule is CC(C)(C)c1ccc2c(c1)c1c(O)ccc3c4cc5cc6c(cc5cc4n2c31)sc1cc(O)ccc16. The molecule has 0 unspecified atom stereocenters. The van der Waals surface area contributed by atoms with Crippen molar-refractivity contribution >= 4 is 80.4 Å². The van der Waals surface area contributed by atoms with Gasteiger partial charge in [0.25, 0.3) is 0 Å². The fourth-order valence-corrected chi connectivity index (χ4v) is 7.18. The van der Waals surface area contributed by atoms with Gasteiger partial charge in [-0.25, -0.2) is 0 Å². The summed E-state index contributed by atoms with van der Waals surface area (Å²) >= 11 is 1.72. The molecule has 5 aromatic carbocycles. The van der Waals surface area contributed by atoms with Gasteiger partial charge in [0.05, 0.1) is 21.9 Å². The summed E-state index contributed by atoms with van der Waals surface area (Å²) in [6.45, 7) is 6.67. The normalized spacial score (nSPS) is 13.1. The van der Waals surface area contributed by atoms with E-state index in [9.17, 15) is 10.2 Å². The molecule has 0 amide bonds. The van der Waals surface area contributed by atoms with Crippen LogP contribution in [0.25, 0.3) is 69.0 Å². The van der Waals surface area contributed by atoms with Crippen LogP contribution in [0.4, 0.5) is 0 Å². The molecule has 0 aliphatic rings. The fraction of sp³-hybridized carbons (Fsp3) is 0.125. The number of fused-ring (bicyclic) bond motifs is 10. The van der Waals surface area contributed by atoms with E-state index in [0.29, 0.717) is 11.5 Å². The number of benzene rings is 5. The quantitative estimate of drug-likeness (QED) is 0.225. The molecule has 0 radical (unpaired) electrons. The highest BCUT2D eigenvalue weighted by atomic mass is 32.1. The molecule has 0 aliphatic heterocycles. The van der Waals surface area contributed by atoms with Crippen LogP contribution in [0.3, 0.4) is 0 Å². The molecular formula is C32H23NO2S. The molecule has 4 heteroatoms. The van der Waals surface area contributed by atoms with E-state index in [4.69, 9.17) is 0 Å². The Morgan fingerprint density at radius 1 is 0.639 bits per heavy atom. The molecule has 0 atom stereocenters. The molecule has 2 N–H and O–H groups in total. The molecule has 8 aromatic rings. The Morgan fingerprint density at radius 2 is 1.39 bits per heavy atom. The van der Waals surface area contributed by atoms with Gasteiger partial charge in [-0.2, -0.15) is 0 Å². The van der Waals surface area contributed by atoms with Gasteiger partial charge in [-0.15, -0.1) is 11.3 Å². The zero-order valence-electron chi connectivity index (χ0n) is 20.2. The van der Waals surface area contributed by atoms with Crippen molar-refractivity contribution in [1.29, 1.82) is 0 Å². The molecule has 8 rings (SSSR count). The second kappa shape index (κ2) is 6.40. The molecule has 36 heavy (non-hydrogen) atoms. The summed E-state index contributed by atoms with van der Waals surface area (Å²) in [7, 11) is 0. The standard InChI is InChI=1S/C32H23NO2S/c1-32(2,3)18-4-8-25-24(14-18)30-27(35)9-7-21-22-10-16-11-23-20-6-5-19(34)15-29(20)36-28(23)13-17(16)12-26(22)33(25)31(21)30/h4-15,34-35H,1-3H3. The van der Waals surface area contributed by atoms with Crippen LogP contribution in [0.5, 0.6) is 11.5 Å². The minimum atomic E-state index is 0.0283. The van der Waals surface area contributed by atoms with Crippen LogP contribution in [-0.2, 0) is 5.41 Å². The van der Waals surface area contributed by atoms with E-state index in [1.807, 2.05) is 18.2 Å². The Bertz CT molecular complexity index is 2210. The van der Waals surface area contributed by atoms with Crippen LogP contribution in [-0.4, -0.2) is 14.6 Å². The highest BCUT2D eigenvalue weighted by Gasteiger charge is 2.22. The van der Waals surface area contributed by atoms with Gasteiger partial charge < -0.3 is 14.6 Å². The zero-order chi connectivity index (χ0) is 24.5. The summed E-state index contributed by atoms with van der Waals surface area (Å²) in [6.07, 6.45) is 0. The van der Waals surface area contributed by atoms with Crippen molar-refractivity contribution in [3.05, 3.63) is 78.4 Å². The average Bonchev–Trinajstić information content (AvgIpc) is 3.46. The van der Waals surface area contributed by atoms with Crippen molar-refractivity contribution in [3.63, 3.8) is 0 Å². The molecule has 0 aliphatic carbocycles. The first kappa shape index (κ1) is 20.2. The molecule has 3 heterocycles. The van der Waals surface area contributed by atoms with Crippen LogP contribution >= 0.6 is 11.3 Å². The van der Waals surface area contributed by atoms with Gasteiger partial charge in [0.2, 0.25) is 0 Å². The van der Waals surface area contributed by atoms with Gasteiger partial charge in [0.1, 0.15) is 11.5 Å². The van der Waals surface area contributed by atoms with Crippen molar-refractivity contribution in [1.82, 2.24) is 4.40 Å². The van der Waals surface area contributed by atoms with Gasteiger partial charge >= 0.3 is 0 Å². The van der Waals surface area contributed by atoms with Crippen LogP contribution in [0.1, 0.15) is 26.3 Å². The Kier molecular flexibility index (Phi) is 3.59. The number of aromatic nitrogens is 1. The van der Waals surface area contributed by atoms with Crippen molar-refractivity contribution in [3.8, 4) is 11.5 Å². The number of aromatic hydroxyl groups is 2. The van der Waals surface area contributed by atoms with E-state index in [0.717, 1.165) is 37.4 Å². The van der Waals surface area contributed by atoms with Crippen molar-refractivity contribution in [2.24, 2.45) is 0 Å². The average molecular weight is 486 g/mol. The van der Waals surface area contributed by atoms with E-state index < -0.39 is 0 Å². The van der Waals surface area contributed by atoms with Gasteiger partial charge in [-0.1, -0.05) is 26.8 Å². The third-order valence-electron chi connectivity index (χ3n) is 7.81. The maximum atomic E-state index is 11.0. The summed E-state index contributed by atoms with van der Waals surface area (Å²) in [5.41, 5.74) is 4.66. The first-order chi connectivity index (χ1) is 17.3. The zero-order valence-corrected chi connectivity index (χ0v) is 21.0. The number of thiophene rings is 1. The van der Waals surface area contributed by atoms with E-state index in [-0.39, 0.29) is 5.41 Å². The molecule has 0 bridgehead atoms. The monoisotopic (exact) mass is 485 g/mol. The minimum absolute atomic E-state index is 0.0283. The summed E-state index contributed by atoms with van der Waals surface area (Å²) < 4.78 is 4.64. The number of hydrogen-bond acceptors (Lipinski definition) is 3. The third kappa shape index (κ3) is 2.47. The largest absolute Gasteiger partial charge is 0.508 e. The van der Waals surface area contributed by atoms with Crippen molar-refractivity contribution in [2.45, 2.75) is 26.2 Å². The van der Waals surface area contributed by atoms with E-state index in [1.54, 1.807) is 17.4 Å². The summed E-state index contributed by atoms with van der Waals surface area (Å²) in [6, 6.07) is 25.3. The summed E-state index contributed by atoms with van der Waals surface area (Å²) in [5, 5.41) is 30.1.